The number of aryl methyl sites for hydroxylation is 1. The number of carbonyl (C=O) groups excluding carboxylic acids is 2. The van der Waals surface area contributed by atoms with Crippen LogP contribution in [0.3, 0.4) is 0 Å². The molecule has 0 radical (unpaired) electrons. The van der Waals surface area contributed by atoms with Gasteiger partial charge in [0.2, 0.25) is 11.8 Å². The molecule has 132 valence electrons. The van der Waals surface area contributed by atoms with E-state index >= 15 is 0 Å². The molecule has 2 amide bonds. The van der Waals surface area contributed by atoms with Gasteiger partial charge >= 0.3 is 0 Å². The summed E-state index contributed by atoms with van der Waals surface area (Å²) >= 11 is 0. The fraction of sp³-hybridized carbons (Fsp3) is 0.556. The third-order valence-electron chi connectivity index (χ3n) is 4.77. The second kappa shape index (κ2) is 7.99. The lowest BCUT2D eigenvalue weighted by Gasteiger charge is -2.35. The van der Waals surface area contributed by atoms with Crippen LogP contribution in [-0.4, -0.2) is 53.3 Å². The molecule has 2 atom stereocenters. The molecule has 3 rings (SSSR count). The largest absolute Gasteiger partial charge is 0.338 e. The Morgan fingerprint density at radius 2 is 2.00 bits per heavy atom. The van der Waals surface area contributed by atoms with Crippen molar-refractivity contribution in [1.29, 1.82) is 0 Å². The number of nitrogens with zero attached hydrogens (tertiary/aromatic N) is 2. The molecule has 24 heavy (non-hydrogen) atoms. The van der Waals surface area contributed by atoms with E-state index < -0.39 is 0 Å². The van der Waals surface area contributed by atoms with Crippen LogP contribution in [0.25, 0.3) is 0 Å². The van der Waals surface area contributed by atoms with Crippen LogP contribution in [0, 0.1) is 6.92 Å². The quantitative estimate of drug-likeness (QED) is 0.902. The number of rotatable bonds is 3. The van der Waals surface area contributed by atoms with Crippen LogP contribution in [0.5, 0.6) is 0 Å². The van der Waals surface area contributed by atoms with Gasteiger partial charge in [-0.05, 0) is 25.8 Å². The molecular weight excluding hydrogens is 326 g/mol. The first-order chi connectivity index (χ1) is 11.0. The fourth-order valence-electron chi connectivity index (χ4n) is 3.42. The van der Waals surface area contributed by atoms with Gasteiger partial charge in [-0.2, -0.15) is 0 Å². The third kappa shape index (κ3) is 4.08. The smallest absolute Gasteiger partial charge is 0.245 e. The van der Waals surface area contributed by atoms with Crippen LogP contribution in [-0.2, 0) is 16.1 Å². The first kappa shape index (κ1) is 18.7. The van der Waals surface area contributed by atoms with Crippen molar-refractivity contribution in [3.63, 3.8) is 0 Å². The summed E-state index contributed by atoms with van der Waals surface area (Å²) in [7, 11) is 0. The van der Waals surface area contributed by atoms with Crippen LogP contribution in [0.4, 0.5) is 0 Å². The highest BCUT2D eigenvalue weighted by atomic mass is 35.5. The molecule has 0 aromatic heterocycles. The maximum Gasteiger partial charge on any atom is 0.245 e. The highest BCUT2D eigenvalue weighted by Gasteiger charge is 2.38. The Bertz CT molecular complexity index is 590. The number of amides is 2. The van der Waals surface area contributed by atoms with Crippen molar-refractivity contribution < 1.29 is 9.59 Å². The van der Waals surface area contributed by atoms with E-state index in [1.165, 1.54) is 5.56 Å². The summed E-state index contributed by atoms with van der Waals surface area (Å²) in [6.07, 6.45) is 1.12. The highest BCUT2D eigenvalue weighted by Crippen LogP contribution is 2.24. The number of benzene rings is 1. The molecule has 2 aliphatic heterocycles. The number of hydrogen-bond donors (Lipinski definition) is 1. The van der Waals surface area contributed by atoms with Gasteiger partial charge < -0.3 is 15.1 Å². The lowest BCUT2D eigenvalue weighted by atomic mass is 10.1. The summed E-state index contributed by atoms with van der Waals surface area (Å²) in [6.45, 7) is 6.93. The summed E-state index contributed by atoms with van der Waals surface area (Å²) in [5, 5.41) is 3.35. The summed E-state index contributed by atoms with van der Waals surface area (Å²) in [5.74, 6) is 0.198. The maximum atomic E-state index is 12.9. The summed E-state index contributed by atoms with van der Waals surface area (Å²) in [4.78, 5) is 28.8. The third-order valence-corrected chi connectivity index (χ3v) is 4.77. The molecule has 5 nitrogen and oxygen atoms in total. The Morgan fingerprint density at radius 3 is 2.67 bits per heavy atom. The molecule has 0 bridgehead atoms. The first-order valence-corrected chi connectivity index (χ1v) is 8.42. The standard InChI is InChI=1S/C18H25N3O2.ClH/c1-13-3-5-15(6-4-13)12-21-16(7-8-17(21)22)18(23)20-10-9-19-14(2)11-20;/h3-6,14,16,19H,7-12H2,1-2H3;1H. The second-order valence-corrected chi connectivity index (χ2v) is 6.70. The van der Waals surface area contributed by atoms with Gasteiger partial charge in [0.05, 0.1) is 0 Å². The molecule has 2 heterocycles. The molecule has 2 saturated heterocycles. The van der Waals surface area contributed by atoms with E-state index in [2.05, 4.69) is 12.2 Å². The Labute approximate surface area is 149 Å². The van der Waals surface area contributed by atoms with E-state index in [0.717, 1.165) is 25.2 Å². The van der Waals surface area contributed by atoms with Crippen molar-refractivity contribution in [1.82, 2.24) is 15.1 Å². The predicted octanol–water partition coefficient (Wildman–Crippen LogP) is 1.73. The van der Waals surface area contributed by atoms with Crippen molar-refractivity contribution in [3.8, 4) is 0 Å². The number of halogens is 1. The zero-order valence-corrected chi connectivity index (χ0v) is 15.1. The van der Waals surface area contributed by atoms with Gasteiger partial charge in [-0.15, -0.1) is 12.4 Å². The van der Waals surface area contributed by atoms with Gasteiger partial charge in [0.25, 0.3) is 0 Å². The average Bonchev–Trinajstić information content (AvgIpc) is 2.90. The van der Waals surface area contributed by atoms with E-state index in [0.29, 0.717) is 25.4 Å². The highest BCUT2D eigenvalue weighted by molar-refractivity contribution is 5.91. The number of likely N-dealkylation sites (tertiary alicyclic amines) is 1. The molecular formula is C18H26ClN3O2. The lowest BCUT2D eigenvalue weighted by molar-refractivity contribution is -0.142. The van der Waals surface area contributed by atoms with Crippen molar-refractivity contribution >= 4 is 24.2 Å². The van der Waals surface area contributed by atoms with E-state index in [1.807, 2.05) is 36.1 Å². The van der Waals surface area contributed by atoms with Crippen LogP contribution >= 0.6 is 12.4 Å². The van der Waals surface area contributed by atoms with Gasteiger partial charge in [-0.3, -0.25) is 9.59 Å². The lowest BCUT2D eigenvalue weighted by Crippen LogP contribution is -2.55. The second-order valence-electron chi connectivity index (χ2n) is 6.70. The van der Waals surface area contributed by atoms with E-state index in [1.54, 1.807) is 4.90 Å². The molecule has 2 fully saturated rings. The van der Waals surface area contributed by atoms with Crippen LogP contribution < -0.4 is 5.32 Å². The first-order valence-electron chi connectivity index (χ1n) is 8.42. The van der Waals surface area contributed by atoms with E-state index in [9.17, 15) is 9.59 Å². The summed E-state index contributed by atoms with van der Waals surface area (Å²) in [6, 6.07) is 8.18. The van der Waals surface area contributed by atoms with Crippen molar-refractivity contribution in [3.05, 3.63) is 35.4 Å². The SMILES string of the molecule is Cc1ccc(CN2C(=O)CCC2C(=O)N2CCNC(C)C2)cc1.Cl. The van der Waals surface area contributed by atoms with Crippen LogP contribution in [0.1, 0.15) is 30.9 Å². The molecule has 2 aliphatic rings. The summed E-state index contributed by atoms with van der Waals surface area (Å²) < 4.78 is 0. The van der Waals surface area contributed by atoms with E-state index in [-0.39, 0.29) is 30.3 Å². The molecule has 6 heteroatoms. The Kier molecular flexibility index (Phi) is 6.24. The van der Waals surface area contributed by atoms with E-state index in [4.69, 9.17) is 0 Å². The van der Waals surface area contributed by atoms with Crippen molar-refractivity contribution in [2.24, 2.45) is 0 Å². The Morgan fingerprint density at radius 1 is 1.29 bits per heavy atom. The van der Waals surface area contributed by atoms with Gasteiger partial charge in [0, 0.05) is 38.6 Å². The molecule has 1 N–H and O–H groups in total. The Hall–Kier alpha value is -1.59. The molecule has 0 aliphatic carbocycles. The summed E-state index contributed by atoms with van der Waals surface area (Å²) in [5.41, 5.74) is 2.28. The maximum absolute atomic E-state index is 12.9. The van der Waals surface area contributed by atoms with Gasteiger partial charge in [-0.1, -0.05) is 29.8 Å². The fourth-order valence-corrected chi connectivity index (χ4v) is 3.42. The Balaban J connectivity index is 0.00000208. The number of piperazine rings is 1. The molecule has 1 aromatic carbocycles. The monoisotopic (exact) mass is 351 g/mol. The van der Waals surface area contributed by atoms with Crippen molar-refractivity contribution in [2.45, 2.75) is 45.3 Å². The number of nitrogens with one attached hydrogen (secondary N) is 1. The van der Waals surface area contributed by atoms with Gasteiger partial charge in [0.1, 0.15) is 6.04 Å². The topological polar surface area (TPSA) is 52.7 Å². The van der Waals surface area contributed by atoms with Crippen LogP contribution in [0.2, 0.25) is 0 Å². The van der Waals surface area contributed by atoms with Crippen molar-refractivity contribution in [2.75, 3.05) is 19.6 Å². The predicted molar refractivity (Wildman–Crippen MR) is 96.0 cm³/mol. The zero-order chi connectivity index (χ0) is 16.4. The molecule has 0 spiro atoms. The van der Waals surface area contributed by atoms with Gasteiger partial charge in [-0.25, -0.2) is 0 Å². The normalized spacial score (nSPS) is 24.0. The molecule has 1 aromatic rings. The minimum absolute atomic E-state index is 0. The van der Waals surface area contributed by atoms with Crippen LogP contribution in [0.15, 0.2) is 24.3 Å². The number of hydrogen-bond acceptors (Lipinski definition) is 3. The number of carbonyl (C=O) groups is 2. The molecule has 0 saturated carbocycles. The van der Waals surface area contributed by atoms with Gasteiger partial charge in [0.15, 0.2) is 0 Å². The minimum Gasteiger partial charge on any atom is -0.338 e. The minimum atomic E-state index is -0.297. The zero-order valence-electron chi connectivity index (χ0n) is 14.3. The average molecular weight is 352 g/mol. The molecule has 2 unspecified atom stereocenters.